The van der Waals surface area contributed by atoms with Crippen molar-refractivity contribution in [2.75, 3.05) is 0 Å². The molecule has 2 aliphatic heterocycles. The van der Waals surface area contributed by atoms with Crippen LogP contribution in [0.25, 0.3) is 11.4 Å². The highest BCUT2D eigenvalue weighted by Gasteiger charge is 2.17. The van der Waals surface area contributed by atoms with Crippen molar-refractivity contribution in [2.24, 2.45) is 0 Å². The van der Waals surface area contributed by atoms with E-state index >= 15 is 0 Å². The van der Waals surface area contributed by atoms with Crippen LogP contribution in [0.2, 0.25) is 5.02 Å². The predicted octanol–water partition coefficient (Wildman–Crippen LogP) is 1.75. The summed E-state index contributed by atoms with van der Waals surface area (Å²) in [6.45, 7) is 0. The van der Waals surface area contributed by atoms with Crippen LogP contribution in [0, 0.1) is 11.3 Å². The van der Waals surface area contributed by atoms with E-state index in [4.69, 9.17) is 16.9 Å². The Balaban J connectivity index is 2.84. The van der Waals surface area contributed by atoms with Gasteiger partial charge in [-0.1, -0.05) is 11.6 Å². The van der Waals surface area contributed by atoms with E-state index in [1.54, 1.807) is 0 Å². The second kappa shape index (κ2) is 2.64. The summed E-state index contributed by atoms with van der Waals surface area (Å²) in [7, 11) is 0. The molecular weight excluding hydrogens is 190 g/mol. The highest BCUT2D eigenvalue weighted by Crippen LogP contribution is 2.31. The first-order valence-corrected chi connectivity index (χ1v) is 3.86. The Bertz CT molecular complexity index is 471. The molecule has 0 unspecified atom stereocenters. The zero-order chi connectivity index (χ0) is 9.42. The molecule has 2 heterocycles. The summed E-state index contributed by atoms with van der Waals surface area (Å²) in [5.41, 5.74) is 0.845. The van der Waals surface area contributed by atoms with E-state index in [-0.39, 0.29) is 0 Å². The lowest BCUT2D eigenvalue weighted by Gasteiger charge is -2.04. The maximum atomic E-state index is 9.29. The van der Waals surface area contributed by atoms with E-state index < -0.39 is 0 Å². The van der Waals surface area contributed by atoms with E-state index in [1.165, 1.54) is 18.5 Å². The average Bonchev–Trinajstić information content (AvgIpc) is 2.56. The second-order valence-corrected chi connectivity index (χ2v) is 2.90. The Hall–Kier alpha value is -1.73. The van der Waals surface area contributed by atoms with E-state index in [9.17, 15) is 5.21 Å². The summed E-state index contributed by atoms with van der Waals surface area (Å²) in [6, 6.07) is 3.45. The summed E-state index contributed by atoms with van der Waals surface area (Å²) in [6.07, 6.45) is 2.75. The molecule has 0 aromatic rings. The molecule has 0 bridgehead atoms. The molecule has 1 N–H and O–H groups in total. The van der Waals surface area contributed by atoms with Gasteiger partial charge in [0.1, 0.15) is 6.07 Å². The number of pyridine rings is 1. The van der Waals surface area contributed by atoms with Gasteiger partial charge in [0.2, 0.25) is 0 Å². The fourth-order valence-corrected chi connectivity index (χ4v) is 1.40. The Morgan fingerprint density at radius 2 is 2.38 bits per heavy atom. The number of aromatic nitrogens is 2. The molecule has 0 saturated carbocycles. The summed E-state index contributed by atoms with van der Waals surface area (Å²) in [5.74, 6) is 0.295. The van der Waals surface area contributed by atoms with Gasteiger partial charge < -0.3 is 5.21 Å². The third-order valence-corrected chi connectivity index (χ3v) is 2.06. The molecule has 0 radical (unpaired) electrons. The Morgan fingerprint density at radius 1 is 1.62 bits per heavy atom. The molecular formula is C8H4ClN3O. The Labute approximate surface area is 78.9 Å². The number of halogens is 1. The van der Waals surface area contributed by atoms with Gasteiger partial charge in [-0.05, 0) is 6.07 Å². The molecule has 2 aliphatic rings. The van der Waals surface area contributed by atoms with Crippen LogP contribution in [-0.2, 0) is 0 Å². The van der Waals surface area contributed by atoms with Gasteiger partial charge in [-0.3, -0.25) is 0 Å². The van der Waals surface area contributed by atoms with Crippen LogP contribution in [0.5, 0.6) is 0 Å². The number of hydrogen-bond donors (Lipinski definition) is 1. The highest BCUT2D eigenvalue weighted by atomic mass is 35.5. The maximum Gasteiger partial charge on any atom is 0.178 e. The minimum Gasteiger partial charge on any atom is -0.427 e. The standard InChI is InChI=1S/C8H4ClN3O/c9-6-1-2-12(13)8-7(6)5(3-10)4-11-8/h1-2,4,13H. The number of nitriles is 1. The largest absolute Gasteiger partial charge is 0.427 e. The van der Waals surface area contributed by atoms with Crippen LogP contribution in [-0.4, -0.2) is 14.9 Å². The van der Waals surface area contributed by atoms with Crippen molar-refractivity contribution in [1.82, 2.24) is 9.71 Å². The molecule has 2 rings (SSSR count). The van der Waals surface area contributed by atoms with Crippen LogP contribution >= 0.6 is 11.6 Å². The zero-order valence-electron chi connectivity index (χ0n) is 6.40. The number of nitrogens with zero attached hydrogens (tertiary/aromatic N) is 3. The molecule has 0 spiro atoms. The number of fused-ring (bicyclic) bond motifs is 1. The average molecular weight is 194 g/mol. The van der Waals surface area contributed by atoms with Crippen LogP contribution < -0.4 is 0 Å². The number of hydrogen-bond acceptors (Lipinski definition) is 3. The van der Waals surface area contributed by atoms with E-state index in [2.05, 4.69) is 4.98 Å². The molecule has 4 nitrogen and oxygen atoms in total. The monoisotopic (exact) mass is 193 g/mol. The van der Waals surface area contributed by atoms with Crippen molar-refractivity contribution in [3.8, 4) is 17.5 Å². The van der Waals surface area contributed by atoms with Crippen molar-refractivity contribution in [2.45, 2.75) is 0 Å². The summed E-state index contributed by atoms with van der Waals surface area (Å²) >= 11 is 5.84. The van der Waals surface area contributed by atoms with E-state index in [0.717, 1.165) is 4.73 Å². The minimum absolute atomic E-state index is 0.295. The zero-order valence-corrected chi connectivity index (χ0v) is 7.15. The Morgan fingerprint density at radius 3 is 3.08 bits per heavy atom. The summed E-state index contributed by atoms with van der Waals surface area (Å²) < 4.78 is 0.835. The van der Waals surface area contributed by atoms with Gasteiger partial charge in [0, 0.05) is 12.4 Å². The van der Waals surface area contributed by atoms with Crippen LogP contribution in [0.1, 0.15) is 5.56 Å². The van der Waals surface area contributed by atoms with Gasteiger partial charge in [0.25, 0.3) is 0 Å². The molecule has 64 valence electrons. The predicted molar refractivity (Wildman–Crippen MR) is 45.8 cm³/mol. The van der Waals surface area contributed by atoms with Crippen LogP contribution in [0.15, 0.2) is 18.5 Å². The van der Waals surface area contributed by atoms with Crippen LogP contribution in [0.3, 0.4) is 0 Å². The second-order valence-electron chi connectivity index (χ2n) is 2.49. The quantitative estimate of drug-likeness (QED) is 0.649. The fourth-order valence-electron chi connectivity index (χ4n) is 1.16. The molecule has 0 aliphatic carbocycles. The molecule has 13 heavy (non-hydrogen) atoms. The highest BCUT2D eigenvalue weighted by molar-refractivity contribution is 6.33. The lowest BCUT2D eigenvalue weighted by atomic mass is 10.2. The van der Waals surface area contributed by atoms with Gasteiger partial charge in [0.05, 0.1) is 16.1 Å². The summed E-state index contributed by atoms with van der Waals surface area (Å²) in [4.78, 5) is 3.86. The van der Waals surface area contributed by atoms with Crippen molar-refractivity contribution < 1.29 is 5.21 Å². The van der Waals surface area contributed by atoms with E-state index in [1.807, 2.05) is 6.07 Å². The molecule has 0 atom stereocenters. The molecule has 0 aromatic carbocycles. The first kappa shape index (κ1) is 7.90. The normalized spacial score (nSPS) is 10.2. The third kappa shape index (κ3) is 1.02. The maximum absolute atomic E-state index is 9.29. The third-order valence-electron chi connectivity index (χ3n) is 1.75. The van der Waals surface area contributed by atoms with Gasteiger partial charge in [-0.15, -0.1) is 0 Å². The minimum atomic E-state index is 0.295. The lowest BCUT2D eigenvalue weighted by Crippen LogP contribution is -1.98. The SMILES string of the molecule is N#Cc1cnc2n(O)ccc(Cl)c1-2. The number of rotatable bonds is 0. The summed E-state index contributed by atoms with van der Waals surface area (Å²) in [5, 5.41) is 18.4. The first-order chi connectivity index (χ1) is 6.24. The Kier molecular flexibility index (Phi) is 1.61. The van der Waals surface area contributed by atoms with Crippen molar-refractivity contribution in [3.05, 3.63) is 29.0 Å². The van der Waals surface area contributed by atoms with Gasteiger partial charge in [-0.2, -0.15) is 9.99 Å². The molecule has 0 fully saturated rings. The van der Waals surface area contributed by atoms with E-state index in [0.29, 0.717) is 22.0 Å². The fraction of sp³-hybridized carbons (Fsp3) is 0. The molecule has 5 heteroatoms. The smallest absolute Gasteiger partial charge is 0.178 e. The molecule has 0 aromatic heterocycles. The molecule has 0 saturated heterocycles. The topological polar surface area (TPSA) is 61.8 Å². The first-order valence-electron chi connectivity index (χ1n) is 3.49. The van der Waals surface area contributed by atoms with Crippen molar-refractivity contribution in [3.63, 3.8) is 0 Å². The van der Waals surface area contributed by atoms with Gasteiger partial charge in [0.15, 0.2) is 5.82 Å². The van der Waals surface area contributed by atoms with Crippen molar-refractivity contribution >= 4 is 11.6 Å². The molecule has 0 amide bonds. The van der Waals surface area contributed by atoms with Gasteiger partial charge >= 0.3 is 0 Å². The van der Waals surface area contributed by atoms with Gasteiger partial charge in [-0.25, -0.2) is 4.98 Å². The van der Waals surface area contributed by atoms with Crippen molar-refractivity contribution in [1.29, 1.82) is 5.26 Å². The lowest BCUT2D eigenvalue weighted by molar-refractivity contribution is 0.187. The van der Waals surface area contributed by atoms with Crippen LogP contribution in [0.4, 0.5) is 0 Å².